The van der Waals surface area contributed by atoms with Gasteiger partial charge in [-0.2, -0.15) is 0 Å². The predicted octanol–water partition coefficient (Wildman–Crippen LogP) is 5.43. The average molecular weight is 406 g/mol. The van der Waals surface area contributed by atoms with Gasteiger partial charge in [0, 0.05) is 31.4 Å². The van der Waals surface area contributed by atoms with Crippen LogP contribution >= 0.6 is 0 Å². The lowest BCUT2D eigenvalue weighted by molar-refractivity contribution is -0.136. The Morgan fingerprint density at radius 1 is 0.903 bits per heavy atom. The Labute approximate surface area is 180 Å². The predicted molar refractivity (Wildman–Crippen MR) is 126 cm³/mol. The van der Waals surface area contributed by atoms with E-state index in [9.17, 15) is 4.79 Å². The summed E-state index contributed by atoms with van der Waals surface area (Å²) in [6, 6.07) is 25.6. The van der Waals surface area contributed by atoms with Gasteiger partial charge in [0.1, 0.15) is 6.61 Å². The van der Waals surface area contributed by atoms with Crippen LogP contribution in [0.25, 0.3) is 21.5 Å². The summed E-state index contributed by atoms with van der Waals surface area (Å²) < 4.78 is 5.44. The second kappa shape index (κ2) is 6.61. The molecule has 0 amide bonds. The third-order valence-corrected chi connectivity index (χ3v) is 6.43. The summed E-state index contributed by atoms with van der Waals surface area (Å²) in [5.74, 6) is -0.394. The van der Waals surface area contributed by atoms with Gasteiger partial charge >= 0.3 is 5.97 Å². The van der Waals surface area contributed by atoms with Gasteiger partial charge in [-0.15, -0.1) is 0 Å². The van der Waals surface area contributed by atoms with E-state index >= 15 is 0 Å². The van der Waals surface area contributed by atoms with Crippen molar-refractivity contribution in [3.8, 4) is 0 Å². The fourth-order valence-electron chi connectivity index (χ4n) is 4.87. The molecule has 0 saturated carbocycles. The second-order valence-corrected chi connectivity index (χ2v) is 8.46. The van der Waals surface area contributed by atoms with E-state index in [4.69, 9.17) is 4.74 Å². The number of carbonyl (C=O) groups excluding carboxylic acids is 1. The van der Waals surface area contributed by atoms with Crippen molar-refractivity contribution in [2.24, 2.45) is 0 Å². The van der Waals surface area contributed by atoms with E-state index in [-0.39, 0.29) is 11.9 Å². The molecule has 1 atom stereocenters. The number of nitrogens with zero attached hydrogens (tertiary/aromatic N) is 1. The highest BCUT2D eigenvalue weighted by molar-refractivity contribution is 6.05. The van der Waals surface area contributed by atoms with Crippen LogP contribution in [0.5, 0.6) is 0 Å². The largest absolute Gasteiger partial charge is 0.456 e. The molecule has 0 spiro atoms. The molecule has 152 valence electrons. The number of nitrogens with one attached hydrogen (secondary N) is 1. The highest BCUT2D eigenvalue weighted by Gasteiger charge is 2.39. The van der Waals surface area contributed by atoms with Crippen LogP contribution in [-0.2, 0) is 9.53 Å². The van der Waals surface area contributed by atoms with Crippen molar-refractivity contribution < 1.29 is 9.53 Å². The van der Waals surface area contributed by atoms with Crippen molar-refractivity contribution >= 4 is 38.9 Å². The molecule has 0 saturated heterocycles. The van der Waals surface area contributed by atoms with E-state index in [0.717, 1.165) is 39.2 Å². The van der Waals surface area contributed by atoms with Gasteiger partial charge in [0.15, 0.2) is 0 Å². The Balaban J connectivity index is 1.64. The molecule has 4 heteroatoms. The summed E-state index contributed by atoms with van der Waals surface area (Å²) >= 11 is 0. The van der Waals surface area contributed by atoms with Crippen LogP contribution < -0.4 is 10.2 Å². The second-order valence-electron chi connectivity index (χ2n) is 8.46. The molecule has 2 heterocycles. The Morgan fingerprint density at radius 3 is 2.39 bits per heavy atom. The maximum Gasteiger partial charge on any atom is 0.337 e. The Bertz CT molecular complexity index is 1400. The number of hydrogen-bond acceptors (Lipinski definition) is 4. The lowest BCUT2D eigenvalue weighted by Gasteiger charge is -2.29. The molecule has 4 aromatic carbocycles. The minimum absolute atomic E-state index is 0.165. The lowest BCUT2D eigenvalue weighted by Crippen LogP contribution is -2.20. The maximum atomic E-state index is 12.8. The third kappa shape index (κ3) is 2.72. The average Bonchev–Trinajstić information content (AvgIpc) is 3.16. The highest BCUT2D eigenvalue weighted by atomic mass is 16.5. The van der Waals surface area contributed by atoms with Gasteiger partial charge in [0.05, 0.1) is 11.3 Å². The zero-order valence-electron chi connectivity index (χ0n) is 17.5. The number of benzene rings is 4. The Hall–Kier alpha value is -3.79. The maximum absolute atomic E-state index is 12.8. The van der Waals surface area contributed by atoms with Gasteiger partial charge < -0.3 is 15.0 Å². The minimum Gasteiger partial charge on any atom is -0.456 e. The molecular formula is C27H22N2O2. The summed E-state index contributed by atoms with van der Waals surface area (Å²) in [5.41, 5.74) is 6.01. The van der Waals surface area contributed by atoms with Crippen molar-refractivity contribution in [2.75, 3.05) is 30.9 Å². The van der Waals surface area contributed by atoms with E-state index in [0.29, 0.717) is 6.61 Å². The first-order valence-electron chi connectivity index (χ1n) is 10.5. The van der Waals surface area contributed by atoms with E-state index in [1.165, 1.54) is 16.2 Å². The van der Waals surface area contributed by atoms with Crippen LogP contribution in [0.1, 0.15) is 17.0 Å². The van der Waals surface area contributed by atoms with Gasteiger partial charge in [-0.3, -0.25) is 0 Å². The molecule has 4 nitrogen and oxygen atoms in total. The lowest BCUT2D eigenvalue weighted by atomic mass is 9.78. The first-order valence-corrected chi connectivity index (χ1v) is 10.5. The van der Waals surface area contributed by atoms with Crippen LogP contribution in [0.4, 0.5) is 11.4 Å². The van der Waals surface area contributed by atoms with Crippen molar-refractivity contribution in [1.29, 1.82) is 0 Å². The Morgan fingerprint density at radius 2 is 1.65 bits per heavy atom. The first kappa shape index (κ1) is 18.0. The zero-order valence-corrected chi connectivity index (χ0v) is 17.5. The molecule has 2 aliphatic heterocycles. The van der Waals surface area contributed by atoms with Gasteiger partial charge in [0.25, 0.3) is 0 Å². The number of ether oxygens (including phenoxy) is 1. The molecular weight excluding hydrogens is 384 g/mol. The third-order valence-electron chi connectivity index (χ3n) is 6.43. The van der Waals surface area contributed by atoms with Crippen LogP contribution in [0, 0.1) is 0 Å². The van der Waals surface area contributed by atoms with E-state index in [2.05, 4.69) is 83.0 Å². The molecule has 1 unspecified atom stereocenters. The number of rotatable bonds is 2. The summed E-state index contributed by atoms with van der Waals surface area (Å²) in [4.78, 5) is 14.9. The first-order chi connectivity index (χ1) is 15.1. The minimum atomic E-state index is -0.229. The van der Waals surface area contributed by atoms with Crippen LogP contribution in [0.3, 0.4) is 0 Å². The number of anilines is 2. The van der Waals surface area contributed by atoms with Crippen molar-refractivity contribution in [2.45, 2.75) is 5.92 Å². The van der Waals surface area contributed by atoms with Crippen LogP contribution in [-0.4, -0.2) is 26.7 Å². The molecule has 0 aromatic heterocycles. The molecule has 0 radical (unpaired) electrons. The number of fused-ring (bicyclic) bond motifs is 4. The van der Waals surface area contributed by atoms with Crippen molar-refractivity contribution in [3.63, 3.8) is 0 Å². The van der Waals surface area contributed by atoms with E-state index in [1.54, 1.807) is 0 Å². The normalized spacial score (nSPS) is 17.4. The fraction of sp³-hybridized carbons (Fsp3) is 0.148. The monoisotopic (exact) mass is 406 g/mol. The van der Waals surface area contributed by atoms with E-state index < -0.39 is 0 Å². The molecule has 0 bridgehead atoms. The number of hydrogen-bond donors (Lipinski definition) is 1. The van der Waals surface area contributed by atoms with Gasteiger partial charge in [-0.25, -0.2) is 4.79 Å². The quantitative estimate of drug-likeness (QED) is 0.356. The molecule has 2 aliphatic rings. The molecule has 6 rings (SSSR count). The number of cyclic esters (lactones) is 1. The summed E-state index contributed by atoms with van der Waals surface area (Å²) in [6.07, 6.45) is 0. The topological polar surface area (TPSA) is 41.6 Å². The Kier molecular flexibility index (Phi) is 3.84. The molecule has 0 fully saturated rings. The number of esters is 1. The smallest absolute Gasteiger partial charge is 0.337 e. The summed E-state index contributed by atoms with van der Waals surface area (Å²) in [7, 11) is 4.06. The van der Waals surface area contributed by atoms with E-state index in [1.807, 2.05) is 14.1 Å². The standard InChI is InChI=1S/C27H22N2O2/c1-29(2)20-10-7-16(8-11-20)24-25-21-14-18-6-4-3-5-17(18)13-19(21)9-12-22(25)28-23-15-31-27(30)26(23)24/h3-14,24,28H,15H2,1-2H3. The fourth-order valence-corrected chi connectivity index (χ4v) is 4.87. The zero-order chi connectivity index (χ0) is 21.1. The van der Waals surface area contributed by atoms with Gasteiger partial charge in [-0.1, -0.05) is 42.5 Å². The molecule has 1 N–H and O–H groups in total. The number of carbonyl (C=O) groups is 1. The molecule has 4 aromatic rings. The highest BCUT2D eigenvalue weighted by Crippen LogP contribution is 2.47. The van der Waals surface area contributed by atoms with Crippen molar-refractivity contribution in [1.82, 2.24) is 0 Å². The molecule has 31 heavy (non-hydrogen) atoms. The van der Waals surface area contributed by atoms with Crippen molar-refractivity contribution in [3.05, 3.63) is 95.2 Å². The summed E-state index contributed by atoms with van der Waals surface area (Å²) in [5, 5.41) is 8.23. The van der Waals surface area contributed by atoms with Gasteiger partial charge in [-0.05, 0) is 63.0 Å². The van der Waals surface area contributed by atoms with Crippen LogP contribution in [0.2, 0.25) is 0 Å². The summed E-state index contributed by atoms with van der Waals surface area (Å²) in [6.45, 7) is 0.301. The van der Waals surface area contributed by atoms with Crippen LogP contribution in [0.15, 0.2) is 84.1 Å². The van der Waals surface area contributed by atoms with Gasteiger partial charge in [0.2, 0.25) is 0 Å². The SMILES string of the molecule is CN(C)c1ccc(C2C3=C(COC3=O)Nc3ccc4cc5ccccc5cc4c32)cc1. The molecule has 0 aliphatic carbocycles.